The van der Waals surface area contributed by atoms with Gasteiger partial charge in [0.25, 0.3) is 0 Å². The number of methoxy groups -OCH3 is 1. The highest BCUT2D eigenvalue weighted by Gasteiger charge is 2.26. The second kappa shape index (κ2) is 10.9. The van der Waals surface area contributed by atoms with Crippen molar-refractivity contribution in [2.45, 2.75) is 6.04 Å². The standard InChI is InChI=1S/C27H30N2O3/c1-31-25-14-8-13-24(21-25)27(30)32-20-19-28-15-17-29(18-16-28)26(22-9-4-2-5-10-22)23-11-6-3-7-12-23/h2-14,21,26H,15-20H2,1H3. The first-order valence-electron chi connectivity index (χ1n) is 11.1. The van der Waals surface area contributed by atoms with Gasteiger partial charge in [0.05, 0.1) is 18.7 Å². The number of benzene rings is 3. The molecule has 1 heterocycles. The summed E-state index contributed by atoms with van der Waals surface area (Å²) < 4.78 is 10.7. The van der Waals surface area contributed by atoms with Crippen molar-refractivity contribution >= 4 is 5.97 Å². The van der Waals surface area contributed by atoms with E-state index < -0.39 is 0 Å². The minimum atomic E-state index is -0.309. The van der Waals surface area contributed by atoms with Crippen LogP contribution in [-0.2, 0) is 4.74 Å². The average molecular weight is 431 g/mol. The molecule has 0 saturated carbocycles. The molecular weight excluding hydrogens is 400 g/mol. The highest BCUT2D eigenvalue weighted by atomic mass is 16.5. The zero-order valence-electron chi connectivity index (χ0n) is 18.5. The lowest BCUT2D eigenvalue weighted by atomic mass is 9.96. The number of carbonyl (C=O) groups excluding carboxylic acids is 1. The molecule has 0 radical (unpaired) electrons. The lowest BCUT2D eigenvalue weighted by molar-refractivity contribution is 0.0407. The van der Waals surface area contributed by atoms with Crippen LogP contribution in [-0.4, -0.2) is 62.2 Å². The Hall–Kier alpha value is -3.15. The number of ether oxygens (including phenoxy) is 2. The van der Waals surface area contributed by atoms with Crippen LogP contribution in [0, 0.1) is 0 Å². The maximum atomic E-state index is 12.3. The molecule has 0 aliphatic carbocycles. The Morgan fingerprint density at radius 2 is 1.47 bits per heavy atom. The van der Waals surface area contributed by atoms with E-state index in [4.69, 9.17) is 9.47 Å². The van der Waals surface area contributed by atoms with Crippen LogP contribution < -0.4 is 4.74 Å². The third-order valence-electron chi connectivity index (χ3n) is 5.95. The van der Waals surface area contributed by atoms with E-state index in [0.29, 0.717) is 17.9 Å². The van der Waals surface area contributed by atoms with Gasteiger partial charge in [0.15, 0.2) is 0 Å². The second-order valence-corrected chi connectivity index (χ2v) is 7.97. The van der Waals surface area contributed by atoms with Crippen LogP contribution in [0.25, 0.3) is 0 Å². The molecule has 1 fully saturated rings. The Kier molecular flexibility index (Phi) is 7.54. The second-order valence-electron chi connectivity index (χ2n) is 7.97. The lowest BCUT2D eigenvalue weighted by Gasteiger charge is -2.39. The fraction of sp³-hybridized carbons (Fsp3) is 0.296. The first-order chi connectivity index (χ1) is 15.7. The fourth-order valence-electron chi connectivity index (χ4n) is 4.23. The molecule has 0 amide bonds. The third-order valence-corrected chi connectivity index (χ3v) is 5.95. The molecule has 5 nitrogen and oxygen atoms in total. The molecule has 1 aliphatic rings. The molecule has 3 aromatic carbocycles. The van der Waals surface area contributed by atoms with Gasteiger partial charge in [0.1, 0.15) is 12.4 Å². The topological polar surface area (TPSA) is 42.0 Å². The van der Waals surface area contributed by atoms with Gasteiger partial charge in [-0.05, 0) is 29.3 Å². The van der Waals surface area contributed by atoms with Crippen molar-refractivity contribution < 1.29 is 14.3 Å². The third kappa shape index (κ3) is 5.55. The highest BCUT2D eigenvalue weighted by molar-refractivity contribution is 5.89. The molecule has 0 aromatic heterocycles. The first kappa shape index (κ1) is 22.1. The van der Waals surface area contributed by atoms with Gasteiger partial charge in [-0.3, -0.25) is 9.80 Å². The Balaban J connectivity index is 1.30. The predicted molar refractivity (Wildman–Crippen MR) is 126 cm³/mol. The van der Waals surface area contributed by atoms with Gasteiger partial charge in [0, 0.05) is 32.7 Å². The molecule has 0 bridgehead atoms. The van der Waals surface area contributed by atoms with Crippen LogP contribution in [0.4, 0.5) is 0 Å². The van der Waals surface area contributed by atoms with E-state index in [0.717, 1.165) is 32.7 Å². The van der Waals surface area contributed by atoms with Crippen molar-refractivity contribution in [3.05, 3.63) is 102 Å². The number of hydrogen-bond donors (Lipinski definition) is 0. The molecule has 5 heteroatoms. The van der Waals surface area contributed by atoms with Gasteiger partial charge in [-0.15, -0.1) is 0 Å². The Labute approximate surface area is 190 Å². The van der Waals surface area contributed by atoms with Gasteiger partial charge >= 0.3 is 5.97 Å². The molecule has 0 spiro atoms. The maximum Gasteiger partial charge on any atom is 0.338 e. The van der Waals surface area contributed by atoms with E-state index in [1.807, 2.05) is 6.07 Å². The Morgan fingerprint density at radius 3 is 2.06 bits per heavy atom. The van der Waals surface area contributed by atoms with Gasteiger partial charge in [0.2, 0.25) is 0 Å². The summed E-state index contributed by atoms with van der Waals surface area (Å²) in [5.74, 6) is 0.345. The van der Waals surface area contributed by atoms with Crippen LogP contribution >= 0.6 is 0 Å². The summed E-state index contributed by atoms with van der Waals surface area (Å²) in [6.45, 7) is 4.97. The molecule has 1 saturated heterocycles. The van der Waals surface area contributed by atoms with Crippen molar-refractivity contribution in [2.24, 2.45) is 0 Å². The molecule has 1 aliphatic heterocycles. The zero-order valence-corrected chi connectivity index (χ0v) is 18.5. The maximum absolute atomic E-state index is 12.3. The summed E-state index contributed by atoms with van der Waals surface area (Å²) >= 11 is 0. The summed E-state index contributed by atoms with van der Waals surface area (Å²) in [6.07, 6.45) is 0. The van der Waals surface area contributed by atoms with Crippen LogP contribution in [0.3, 0.4) is 0 Å². The summed E-state index contributed by atoms with van der Waals surface area (Å²) in [4.78, 5) is 17.2. The number of hydrogen-bond acceptors (Lipinski definition) is 5. The van der Waals surface area contributed by atoms with Gasteiger partial charge in [-0.25, -0.2) is 4.79 Å². The van der Waals surface area contributed by atoms with Crippen LogP contribution in [0.5, 0.6) is 5.75 Å². The van der Waals surface area contributed by atoms with E-state index in [-0.39, 0.29) is 12.0 Å². The van der Waals surface area contributed by atoms with E-state index in [9.17, 15) is 4.79 Å². The van der Waals surface area contributed by atoms with Crippen molar-refractivity contribution in [3.63, 3.8) is 0 Å². The molecule has 0 N–H and O–H groups in total. The minimum absolute atomic E-state index is 0.255. The van der Waals surface area contributed by atoms with E-state index in [2.05, 4.69) is 70.5 Å². The van der Waals surface area contributed by atoms with Gasteiger partial charge in [-0.2, -0.15) is 0 Å². The molecular formula is C27H30N2O3. The zero-order chi connectivity index (χ0) is 22.2. The monoisotopic (exact) mass is 430 g/mol. The molecule has 0 unspecified atom stereocenters. The number of rotatable bonds is 8. The Morgan fingerprint density at radius 1 is 0.844 bits per heavy atom. The summed E-state index contributed by atoms with van der Waals surface area (Å²) in [6, 6.07) is 28.7. The molecule has 166 valence electrons. The van der Waals surface area contributed by atoms with Crippen molar-refractivity contribution in [1.29, 1.82) is 0 Å². The molecule has 32 heavy (non-hydrogen) atoms. The molecule has 3 aromatic rings. The predicted octanol–water partition coefficient (Wildman–Crippen LogP) is 4.26. The summed E-state index contributed by atoms with van der Waals surface area (Å²) in [5, 5.41) is 0. The fourth-order valence-corrected chi connectivity index (χ4v) is 4.23. The number of piperazine rings is 1. The van der Waals surface area contributed by atoms with Gasteiger partial charge in [-0.1, -0.05) is 66.7 Å². The van der Waals surface area contributed by atoms with Crippen LogP contribution in [0.1, 0.15) is 27.5 Å². The molecule has 0 atom stereocenters. The van der Waals surface area contributed by atoms with Crippen molar-refractivity contribution in [2.75, 3.05) is 46.4 Å². The van der Waals surface area contributed by atoms with Crippen LogP contribution in [0.15, 0.2) is 84.9 Å². The van der Waals surface area contributed by atoms with Crippen LogP contribution in [0.2, 0.25) is 0 Å². The highest BCUT2D eigenvalue weighted by Crippen LogP contribution is 2.29. The lowest BCUT2D eigenvalue weighted by Crippen LogP contribution is -2.48. The minimum Gasteiger partial charge on any atom is -0.497 e. The van der Waals surface area contributed by atoms with E-state index in [1.165, 1.54) is 11.1 Å². The summed E-state index contributed by atoms with van der Waals surface area (Å²) in [5.41, 5.74) is 3.15. The quantitative estimate of drug-likeness (QED) is 0.500. The average Bonchev–Trinajstić information content (AvgIpc) is 2.86. The number of carbonyl (C=O) groups is 1. The SMILES string of the molecule is COc1cccc(C(=O)OCCN2CCN(C(c3ccccc3)c3ccccc3)CC2)c1. The van der Waals surface area contributed by atoms with Crippen molar-refractivity contribution in [3.8, 4) is 5.75 Å². The van der Waals surface area contributed by atoms with Crippen molar-refractivity contribution in [1.82, 2.24) is 9.80 Å². The van der Waals surface area contributed by atoms with E-state index >= 15 is 0 Å². The van der Waals surface area contributed by atoms with E-state index in [1.54, 1.807) is 25.3 Å². The number of esters is 1. The smallest absolute Gasteiger partial charge is 0.338 e. The first-order valence-corrected chi connectivity index (χ1v) is 11.1. The Bertz CT molecular complexity index is 947. The molecule has 4 rings (SSSR count). The normalized spacial score (nSPS) is 14.9. The van der Waals surface area contributed by atoms with Gasteiger partial charge < -0.3 is 9.47 Å². The summed E-state index contributed by atoms with van der Waals surface area (Å²) in [7, 11) is 1.59. The largest absolute Gasteiger partial charge is 0.497 e. The number of nitrogens with zero attached hydrogens (tertiary/aromatic N) is 2.